The summed E-state index contributed by atoms with van der Waals surface area (Å²) >= 11 is 1.67. The molecule has 1 atom stereocenters. The molecule has 2 aromatic rings. The van der Waals surface area contributed by atoms with E-state index in [9.17, 15) is 4.39 Å². The van der Waals surface area contributed by atoms with Crippen LogP contribution in [-0.4, -0.2) is 4.98 Å². The number of nitrogens with one attached hydrogen (secondary N) is 1. The Balaban J connectivity index is 1.74. The maximum absolute atomic E-state index is 13.6. The smallest absolute Gasteiger partial charge is 0.126 e. The average molecular weight is 262 g/mol. The fourth-order valence-corrected chi connectivity index (χ4v) is 3.26. The summed E-state index contributed by atoms with van der Waals surface area (Å²) in [5.41, 5.74) is 4.97. The third kappa shape index (κ3) is 2.06. The maximum Gasteiger partial charge on any atom is 0.126 e. The van der Waals surface area contributed by atoms with E-state index in [1.54, 1.807) is 23.5 Å². The molecule has 1 aromatic carbocycles. The van der Waals surface area contributed by atoms with Gasteiger partial charge < -0.3 is 5.32 Å². The van der Waals surface area contributed by atoms with Crippen molar-refractivity contribution < 1.29 is 4.39 Å². The van der Waals surface area contributed by atoms with Crippen LogP contribution in [0.3, 0.4) is 0 Å². The molecule has 1 unspecified atom stereocenters. The Hall–Kier alpha value is -1.26. The third-order valence-electron chi connectivity index (χ3n) is 3.57. The molecule has 4 heteroatoms. The van der Waals surface area contributed by atoms with Gasteiger partial charge in [0, 0.05) is 17.5 Å². The van der Waals surface area contributed by atoms with Crippen molar-refractivity contribution in [3.63, 3.8) is 0 Å². The second kappa shape index (κ2) is 4.78. The molecule has 0 bridgehead atoms. The van der Waals surface area contributed by atoms with Crippen LogP contribution in [0.1, 0.15) is 34.2 Å². The molecule has 1 heterocycles. The van der Waals surface area contributed by atoms with Gasteiger partial charge in [-0.25, -0.2) is 9.37 Å². The summed E-state index contributed by atoms with van der Waals surface area (Å²) in [5, 5.41) is 3.51. The van der Waals surface area contributed by atoms with Crippen LogP contribution in [-0.2, 0) is 13.0 Å². The van der Waals surface area contributed by atoms with Crippen LogP contribution in [0.25, 0.3) is 0 Å². The molecule has 0 spiro atoms. The van der Waals surface area contributed by atoms with E-state index in [0.717, 1.165) is 36.2 Å². The summed E-state index contributed by atoms with van der Waals surface area (Å²) in [4.78, 5) is 5.50. The lowest BCUT2D eigenvalue weighted by Gasteiger charge is -2.13. The SMILES string of the molecule is Cc1ncsc1CNC1CCc2c(F)cccc21. The highest BCUT2D eigenvalue weighted by molar-refractivity contribution is 7.09. The Kier molecular flexibility index (Phi) is 3.14. The molecular formula is C14H15FN2S. The monoisotopic (exact) mass is 262 g/mol. The molecule has 94 valence electrons. The normalized spacial score (nSPS) is 18.0. The number of aryl methyl sites for hydroxylation is 1. The molecule has 18 heavy (non-hydrogen) atoms. The van der Waals surface area contributed by atoms with Gasteiger partial charge in [-0.2, -0.15) is 0 Å². The zero-order valence-electron chi connectivity index (χ0n) is 10.2. The lowest BCUT2D eigenvalue weighted by Crippen LogP contribution is -2.18. The number of nitrogens with zero attached hydrogens (tertiary/aromatic N) is 1. The van der Waals surface area contributed by atoms with Gasteiger partial charge in [0.2, 0.25) is 0 Å². The van der Waals surface area contributed by atoms with Crippen molar-refractivity contribution in [3.8, 4) is 0 Å². The molecule has 0 aliphatic heterocycles. The van der Waals surface area contributed by atoms with Gasteiger partial charge in [-0.3, -0.25) is 0 Å². The highest BCUT2D eigenvalue weighted by Crippen LogP contribution is 2.33. The molecule has 0 amide bonds. The number of hydrogen-bond acceptors (Lipinski definition) is 3. The predicted molar refractivity (Wildman–Crippen MR) is 71.2 cm³/mol. The Labute approximate surface area is 110 Å². The van der Waals surface area contributed by atoms with Gasteiger partial charge in [0.25, 0.3) is 0 Å². The van der Waals surface area contributed by atoms with Gasteiger partial charge in [0.15, 0.2) is 0 Å². The molecule has 1 N–H and O–H groups in total. The van der Waals surface area contributed by atoms with Gasteiger partial charge >= 0.3 is 0 Å². The van der Waals surface area contributed by atoms with Crippen LogP contribution in [0.15, 0.2) is 23.7 Å². The molecule has 1 aliphatic carbocycles. The molecule has 0 saturated heterocycles. The minimum absolute atomic E-state index is 0.0641. The van der Waals surface area contributed by atoms with Crippen molar-refractivity contribution in [1.29, 1.82) is 0 Å². The topological polar surface area (TPSA) is 24.9 Å². The van der Waals surface area contributed by atoms with E-state index in [1.165, 1.54) is 4.88 Å². The largest absolute Gasteiger partial charge is 0.305 e. The van der Waals surface area contributed by atoms with Crippen LogP contribution < -0.4 is 5.32 Å². The number of aromatic nitrogens is 1. The first kappa shape index (κ1) is 11.8. The first-order valence-corrected chi connectivity index (χ1v) is 7.03. The number of rotatable bonds is 3. The predicted octanol–water partition coefficient (Wildman–Crippen LogP) is 3.37. The van der Waals surface area contributed by atoms with Crippen LogP contribution in [0, 0.1) is 12.7 Å². The van der Waals surface area contributed by atoms with E-state index in [2.05, 4.69) is 10.3 Å². The van der Waals surface area contributed by atoms with Gasteiger partial charge in [0.1, 0.15) is 5.82 Å². The molecule has 0 radical (unpaired) electrons. The van der Waals surface area contributed by atoms with Crippen molar-refractivity contribution in [2.45, 2.75) is 32.4 Å². The summed E-state index contributed by atoms with van der Waals surface area (Å²) in [6.45, 7) is 2.84. The Morgan fingerprint density at radius 1 is 1.50 bits per heavy atom. The van der Waals surface area contributed by atoms with Crippen molar-refractivity contribution in [2.75, 3.05) is 0 Å². The number of hydrogen-bond donors (Lipinski definition) is 1. The third-order valence-corrected chi connectivity index (χ3v) is 4.50. The van der Waals surface area contributed by atoms with Gasteiger partial charge in [-0.05, 0) is 37.0 Å². The zero-order valence-corrected chi connectivity index (χ0v) is 11.1. The summed E-state index contributed by atoms with van der Waals surface area (Å²) < 4.78 is 13.6. The number of fused-ring (bicyclic) bond motifs is 1. The molecule has 1 aliphatic rings. The summed E-state index contributed by atoms with van der Waals surface area (Å²) in [6, 6.07) is 5.65. The van der Waals surface area contributed by atoms with Crippen LogP contribution in [0.4, 0.5) is 4.39 Å². The van der Waals surface area contributed by atoms with Crippen LogP contribution in [0.2, 0.25) is 0 Å². The van der Waals surface area contributed by atoms with E-state index >= 15 is 0 Å². The van der Waals surface area contributed by atoms with E-state index < -0.39 is 0 Å². The van der Waals surface area contributed by atoms with Crippen molar-refractivity contribution in [2.24, 2.45) is 0 Å². The molecular weight excluding hydrogens is 247 g/mol. The second-order valence-corrected chi connectivity index (χ2v) is 5.58. The van der Waals surface area contributed by atoms with Gasteiger partial charge in [-0.1, -0.05) is 12.1 Å². The van der Waals surface area contributed by atoms with Crippen molar-refractivity contribution in [3.05, 3.63) is 51.2 Å². The van der Waals surface area contributed by atoms with Gasteiger partial charge in [0.05, 0.1) is 11.2 Å². The molecule has 3 rings (SSSR count). The molecule has 2 nitrogen and oxygen atoms in total. The lowest BCUT2D eigenvalue weighted by atomic mass is 10.1. The first-order chi connectivity index (χ1) is 8.75. The maximum atomic E-state index is 13.6. The van der Waals surface area contributed by atoms with E-state index in [-0.39, 0.29) is 11.9 Å². The van der Waals surface area contributed by atoms with Crippen molar-refractivity contribution in [1.82, 2.24) is 10.3 Å². The van der Waals surface area contributed by atoms with Crippen molar-refractivity contribution >= 4 is 11.3 Å². The first-order valence-electron chi connectivity index (χ1n) is 6.15. The van der Waals surface area contributed by atoms with E-state index in [0.29, 0.717) is 0 Å². The Morgan fingerprint density at radius 3 is 3.17 bits per heavy atom. The summed E-state index contributed by atoms with van der Waals surface area (Å²) in [7, 11) is 0. The Bertz CT molecular complexity index is 565. The standard InChI is InChI=1S/C14H15FN2S/c1-9-14(18-8-17-9)7-16-13-6-5-10-11(13)3-2-4-12(10)15/h2-4,8,13,16H,5-7H2,1H3. The Morgan fingerprint density at radius 2 is 2.39 bits per heavy atom. The quantitative estimate of drug-likeness (QED) is 0.917. The number of halogens is 1. The van der Waals surface area contributed by atoms with Crippen LogP contribution >= 0.6 is 11.3 Å². The highest BCUT2D eigenvalue weighted by Gasteiger charge is 2.24. The fourth-order valence-electron chi connectivity index (χ4n) is 2.53. The van der Waals surface area contributed by atoms with Crippen LogP contribution in [0.5, 0.6) is 0 Å². The fraction of sp³-hybridized carbons (Fsp3) is 0.357. The highest BCUT2D eigenvalue weighted by atomic mass is 32.1. The number of benzene rings is 1. The molecule has 1 aromatic heterocycles. The zero-order chi connectivity index (χ0) is 12.5. The van der Waals surface area contributed by atoms with E-state index in [1.807, 2.05) is 18.5 Å². The van der Waals surface area contributed by atoms with Gasteiger partial charge in [-0.15, -0.1) is 11.3 Å². The minimum atomic E-state index is -0.0641. The average Bonchev–Trinajstić information content (AvgIpc) is 2.94. The summed E-state index contributed by atoms with van der Waals surface area (Å²) in [6.07, 6.45) is 1.81. The lowest BCUT2D eigenvalue weighted by molar-refractivity contribution is 0.532. The molecule has 0 fully saturated rings. The second-order valence-electron chi connectivity index (χ2n) is 4.64. The summed E-state index contributed by atoms with van der Waals surface area (Å²) in [5.74, 6) is -0.0641. The van der Waals surface area contributed by atoms with E-state index in [4.69, 9.17) is 0 Å². The number of thiazole rings is 1. The molecule has 0 saturated carbocycles. The minimum Gasteiger partial charge on any atom is -0.305 e.